The van der Waals surface area contributed by atoms with Crippen molar-refractivity contribution in [3.05, 3.63) is 65.5 Å². The molecular weight excluding hydrogens is 265 g/mol. The van der Waals surface area contributed by atoms with Crippen molar-refractivity contribution < 1.29 is 9.13 Å². The zero-order chi connectivity index (χ0) is 15.1. The summed E-state index contributed by atoms with van der Waals surface area (Å²) in [6, 6.07) is 15.0. The number of nitrogens with one attached hydrogen (secondary N) is 1. The van der Waals surface area contributed by atoms with Crippen LogP contribution in [0.25, 0.3) is 0 Å². The van der Waals surface area contributed by atoms with Crippen LogP contribution in [0, 0.1) is 5.82 Å². The Bertz CT molecular complexity index is 553. The van der Waals surface area contributed by atoms with Crippen molar-refractivity contribution in [2.75, 3.05) is 11.9 Å². The molecule has 0 heterocycles. The van der Waals surface area contributed by atoms with Crippen LogP contribution in [0.3, 0.4) is 0 Å². The lowest BCUT2D eigenvalue weighted by molar-refractivity contribution is 0.134. The first kappa shape index (κ1) is 15.5. The third-order valence-electron chi connectivity index (χ3n) is 3.49. The van der Waals surface area contributed by atoms with E-state index in [2.05, 4.69) is 24.4 Å². The van der Waals surface area contributed by atoms with Gasteiger partial charge >= 0.3 is 0 Å². The lowest BCUT2D eigenvalue weighted by Crippen LogP contribution is -2.11. The van der Waals surface area contributed by atoms with E-state index in [4.69, 9.17) is 4.74 Å². The average Bonchev–Trinajstić information content (AvgIpc) is 2.52. The fraction of sp³-hybridized carbons (Fsp3) is 0.333. The molecule has 0 aliphatic carbocycles. The first-order valence-corrected chi connectivity index (χ1v) is 7.42. The minimum Gasteiger partial charge on any atom is -0.378 e. The normalized spacial score (nSPS) is 12.1. The Labute approximate surface area is 126 Å². The summed E-state index contributed by atoms with van der Waals surface area (Å²) in [5.41, 5.74) is 3.30. The minimum atomic E-state index is -0.203. The Morgan fingerprint density at radius 1 is 1.05 bits per heavy atom. The molecule has 3 heteroatoms. The number of para-hydroxylation sites is 1. The highest BCUT2D eigenvalue weighted by molar-refractivity contribution is 5.52. The summed E-state index contributed by atoms with van der Waals surface area (Å²) in [5, 5.41) is 3.54. The molecule has 0 saturated heterocycles. The van der Waals surface area contributed by atoms with Crippen LogP contribution in [0.2, 0.25) is 0 Å². The molecule has 2 rings (SSSR count). The van der Waals surface area contributed by atoms with Crippen LogP contribution in [0.1, 0.15) is 37.4 Å². The van der Waals surface area contributed by atoms with E-state index in [0.29, 0.717) is 13.2 Å². The summed E-state index contributed by atoms with van der Waals surface area (Å²) >= 11 is 0. The molecule has 0 aromatic heterocycles. The van der Waals surface area contributed by atoms with Crippen molar-refractivity contribution in [2.45, 2.75) is 32.9 Å². The van der Waals surface area contributed by atoms with Crippen LogP contribution in [0.5, 0.6) is 0 Å². The number of anilines is 1. The molecule has 0 spiro atoms. The first-order valence-electron chi connectivity index (χ1n) is 7.42. The largest absolute Gasteiger partial charge is 0.378 e. The summed E-state index contributed by atoms with van der Waals surface area (Å²) in [7, 11) is 0. The maximum absolute atomic E-state index is 13.0. The van der Waals surface area contributed by atoms with Gasteiger partial charge in [0.1, 0.15) is 5.82 Å². The second-order valence-electron chi connectivity index (χ2n) is 4.95. The van der Waals surface area contributed by atoms with E-state index in [1.165, 1.54) is 12.1 Å². The van der Waals surface area contributed by atoms with Crippen molar-refractivity contribution in [2.24, 2.45) is 0 Å². The highest BCUT2D eigenvalue weighted by Crippen LogP contribution is 2.25. The molecule has 2 nitrogen and oxygen atoms in total. The Balaban J connectivity index is 2.16. The lowest BCUT2D eigenvalue weighted by atomic mass is 10.0. The molecule has 0 amide bonds. The maximum Gasteiger partial charge on any atom is 0.123 e. The van der Waals surface area contributed by atoms with Gasteiger partial charge in [0.05, 0.1) is 12.6 Å². The van der Waals surface area contributed by atoms with Gasteiger partial charge in [-0.25, -0.2) is 4.39 Å². The van der Waals surface area contributed by atoms with Gasteiger partial charge in [-0.15, -0.1) is 0 Å². The van der Waals surface area contributed by atoms with Gasteiger partial charge in [0, 0.05) is 17.9 Å². The number of hydrogen-bond acceptors (Lipinski definition) is 2. The fourth-order valence-electron chi connectivity index (χ4n) is 2.30. The predicted molar refractivity (Wildman–Crippen MR) is 84.8 cm³/mol. The van der Waals surface area contributed by atoms with Gasteiger partial charge in [0.2, 0.25) is 0 Å². The minimum absolute atomic E-state index is 0.161. The number of hydrogen-bond donors (Lipinski definition) is 1. The average molecular weight is 287 g/mol. The van der Waals surface area contributed by atoms with Crippen molar-refractivity contribution in [3.8, 4) is 0 Å². The molecule has 0 fully saturated rings. The SMILES string of the molecule is CCOCc1ccccc1NC(CC)c1ccc(F)cc1. The zero-order valence-corrected chi connectivity index (χ0v) is 12.6. The van der Waals surface area contributed by atoms with Gasteiger partial charge in [-0.05, 0) is 37.1 Å². The Morgan fingerprint density at radius 3 is 2.43 bits per heavy atom. The van der Waals surface area contributed by atoms with Gasteiger partial charge in [-0.3, -0.25) is 0 Å². The number of rotatable bonds is 7. The van der Waals surface area contributed by atoms with Gasteiger partial charge in [-0.1, -0.05) is 37.3 Å². The molecule has 1 unspecified atom stereocenters. The molecule has 2 aromatic carbocycles. The van der Waals surface area contributed by atoms with E-state index in [9.17, 15) is 4.39 Å². The molecule has 1 atom stereocenters. The van der Waals surface area contributed by atoms with Crippen LogP contribution in [-0.2, 0) is 11.3 Å². The highest BCUT2D eigenvalue weighted by atomic mass is 19.1. The summed E-state index contributed by atoms with van der Waals surface area (Å²) in [6.07, 6.45) is 0.925. The number of ether oxygens (including phenoxy) is 1. The monoisotopic (exact) mass is 287 g/mol. The molecule has 0 saturated carbocycles. The Morgan fingerprint density at radius 2 is 1.76 bits per heavy atom. The summed E-state index contributed by atoms with van der Waals surface area (Å²) in [5.74, 6) is -0.203. The van der Waals surface area contributed by atoms with Crippen LogP contribution in [-0.4, -0.2) is 6.61 Å². The number of benzene rings is 2. The van der Waals surface area contributed by atoms with E-state index in [0.717, 1.165) is 23.2 Å². The van der Waals surface area contributed by atoms with E-state index < -0.39 is 0 Å². The zero-order valence-electron chi connectivity index (χ0n) is 12.6. The summed E-state index contributed by atoms with van der Waals surface area (Å²) in [4.78, 5) is 0. The summed E-state index contributed by atoms with van der Waals surface area (Å²) in [6.45, 7) is 5.40. The second kappa shape index (κ2) is 7.79. The molecular formula is C18H22FNO. The smallest absolute Gasteiger partial charge is 0.123 e. The van der Waals surface area contributed by atoms with Crippen molar-refractivity contribution >= 4 is 5.69 Å². The first-order chi connectivity index (χ1) is 10.2. The topological polar surface area (TPSA) is 21.3 Å². The predicted octanol–water partition coefficient (Wildman–Crippen LogP) is 4.93. The molecule has 112 valence electrons. The molecule has 0 bridgehead atoms. The van der Waals surface area contributed by atoms with Crippen LogP contribution >= 0.6 is 0 Å². The van der Waals surface area contributed by atoms with Crippen LogP contribution in [0.15, 0.2) is 48.5 Å². The molecule has 1 N–H and O–H groups in total. The van der Waals surface area contributed by atoms with Crippen LogP contribution in [0.4, 0.5) is 10.1 Å². The van der Waals surface area contributed by atoms with E-state index >= 15 is 0 Å². The van der Waals surface area contributed by atoms with Crippen molar-refractivity contribution in [3.63, 3.8) is 0 Å². The number of halogens is 1. The molecule has 0 aliphatic rings. The van der Waals surface area contributed by atoms with Crippen molar-refractivity contribution in [1.82, 2.24) is 0 Å². The van der Waals surface area contributed by atoms with E-state index in [1.54, 1.807) is 0 Å². The van der Waals surface area contributed by atoms with E-state index in [1.807, 2.05) is 31.2 Å². The van der Waals surface area contributed by atoms with Gasteiger partial charge in [0.15, 0.2) is 0 Å². The van der Waals surface area contributed by atoms with E-state index in [-0.39, 0.29) is 11.9 Å². The third-order valence-corrected chi connectivity index (χ3v) is 3.49. The van der Waals surface area contributed by atoms with Gasteiger partial charge in [0.25, 0.3) is 0 Å². The van der Waals surface area contributed by atoms with Gasteiger partial charge in [-0.2, -0.15) is 0 Å². The quantitative estimate of drug-likeness (QED) is 0.780. The fourth-order valence-corrected chi connectivity index (χ4v) is 2.30. The molecule has 21 heavy (non-hydrogen) atoms. The second-order valence-corrected chi connectivity index (χ2v) is 4.95. The Hall–Kier alpha value is -1.87. The standard InChI is InChI=1S/C18H22FNO/c1-3-17(14-9-11-16(19)12-10-14)20-18-8-6-5-7-15(18)13-21-4-2/h5-12,17,20H,3-4,13H2,1-2H3. The van der Waals surface area contributed by atoms with Crippen molar-refractivity contribution in [1.29, 1.82) is 0 Å². The van der Waals surface area contributed by atoms with Gasteiger partial charge < -0.3 is 10.1 Å². The third kappa shape index (κ3) is 4.30. The summed E-state index contributed by atoms with van der Waals surface area (Å²) < 4.78 is 18.6. The molecule has 0 radical (unpaired) electrons. The highest BCUT2D eigenvalue weighted by Gasteiger charge is 2.11. The molecule has 0 aliphatic heterocycles. The van der Waals surface area contributed by atoms with Crippen LogP contribution < -0.4 is 5.32 Å². The Kier molecular flexibility index (Phi) is 5.76. The lowest BCUT2D eigenvalue weighted by Gasteiger charge is -2.21. The maximum atomic E-state index is 13.0. The molecule has 2 aromatic rings.